The quantitative estimate of drug-likeness (QED) is 0.242. The van der Waals surface area contributed by atoms with Crippen molar-refractivity contribution < 1.29 is 27.5 Å². The van der Waals surface area contributed by atoms with Crippen LogP contribution in [-0.2, 0) is 19.8 Å². The Morgan fingerprint density at radius 3 is 2.46 bits per heavy atom. The minimum Gasteiger partial charge on any atom is -0.494 e. The molecular weight excluding hydrogens is 623 g/mol. The van der Waals surface area contributed by atoms with Crippen LogP contribution in [0.4, 0.5) is 13.2 Å². The number of alkyl halides is 3. The van der Waals surface area contributed by atoms with Crippen LogP contribution >= 0.6 is 0 Å². The van der Waals surface area contributed by atoms with Gasteiger partial charge in [-0.1, -0.05) is 6.07 Å². The second-order valence-electron chi connectivity index (χ2n) is 13.3. The third-order valence-electron chi connectivity index (χ3n) is 10.3. The SMILES string of the molecule is COc1cc(C(=O)N2CC3CCC2C3N)cc2nc(-c3cc4ccc(-c5ccc(C(N)=O)c(C(F)(F)F)c5)nc4n3CC3CC3)n(C)c12. The number of fused-ring (bicyclic) bond motifs is 4. The molecule has 3 fully saturated rings. The lowest BCUT2D eigenvalue weighted by atomic mass is 10.0. The molecule has 1 saturated heterocycles. The van der Waals surface area contributed by atoms with E-state index in [2.05, 4.69) is 4.57 Å². The average Bonchev–Trinajstić information content (AvgIpc) is 3.47. The fraction of sp³-hybridized carbons (Fsp3) is 0.371. The number of nitrogens with zero attached hydrogens (tertiary/aromatic N) is 5. The number of imidazole rings is 1. The molecule has 3 atom stereocenters. The number of ether oxygens (including phenoxy) is 1. The van der Waals surface area contributed by atoms with Crippen molar-refractivity contribution >= 4 is 33.9 Å². The monoisotopic (exact) mass is 657 g/mol. The molecule has 3 aromatic heterocycles. The fourth-order valence-electron chi connectivity index (χ4n) is 7.64. The fourth-order valence-corrected chi connectivity index (χ4v) is 7.64. The molecule has 0 spiro atoms. The summed E-state index contributed by atoms with van der Waals surface area (Å²) in [5.41, 5.74) is 13.7. The minimum atomic E-state index is -4.77. The highest BCUT2D eigenvalue weighted by molar-refractivity contribution is 6.00. The summed E-state index contributed by atoms with van der Waals surface area (Å²) in [6, 6.07) is 12.5. The highest BCUT2D eigenvalue weighted by Crippen LogP contribution is 2.41. The van der Waals surface area contributed by atoms with Crippen LogP contribution < -0.4 is 16.2 Å². The third-order valence-corrected chi connectivity index (χ3v) is 10.3. The van der Waals surface area contributed by atoms with Gasteiger partial charge in [-0.15, -0.1) is 0 Å². The van der Waals surface area contributed by atoms with Gasteiger partial charge in [-0.05, 0) is 80.0 Å². The van der Waals surface area contributed by atoms with E-state index >= 15 is 0 Å². The van der Waals surface area contributed by atoms with Gasteiger partial charge in [-0.2, -0.15) is 13.2 Å². The van der Waals surface area contributed by atoms with Crippen LogP contribution in [0.1, 0.15) is 52.0 Å². The van der Waals surface area contributed by atoms with E-state index in [1.807, 2.05) is 28.6 Å². The van der Waals surface area contributed by atoms with E-state index in [0.29, 0.717) is 58.9 Å². The van der Waals surface area contributed by atoms with Crippen molar-refractivity contribution in [3.63, 3.8) is 0 Å². The van der Waals surface area contributed by atoms with Gasteiger partial charge in [-0.3, -0.25) is 9.59 Å². The van der Waals surface area contributed by atoms with Crippen LogP contribution in [0.5, 0.6) is 5.75 Å². The van der Waals surface area contributed by atoms with Gasteiger partial charge in [0.2, 0.25) is 5.91 Å². The number of rotatable bonds is 7. The van der Waals surface area contributed by atoms with E-state index in [-0.39, 0.29) is 23.6 Å². The Morgan fingerprint density at radius 2 is 1.81 bits per heavy atom. The molecule has 4 N–H and O–H groups in total. The molecule has 4 heterocycles. The van der Waals surface area contributed by atoms with Crippen molar-refractivity contribution in [1.29, 1.82) is 0 Å². The second-order valence-corrected chi connectivity index (χ2v) is 13.3. The zero-order chi connectivity index (χ0) is 33.6. The Balaban J connectivity index is 1.23. The number of piperidine rings is 1. The van der Waals surface area contributed by atoms with Crippen molar-refractivity contribution in [3.8, 4) is 28.5 Å². The molecule has 2 aromatic carbocycles. The number of methoxy groups -OCH3 is 1. The summed E-state index contributed by atoms with van der Waals surface area (Å²) >= 11 is 0. The molecular formula is C35H34F3N7O3. The Hall–Kier alpha value is -4.91. The molecule has 5 aromatic rings. The van der Waals surface area contributed by atoms with E-state index in [1.165, 1.54) is 6.07 Å². The first kappa shape index (κ1) is 30.4. The van der Waals surface area contributed by atoms with Crippen LogP contribution in [0.25, 0.3) is 44.8 Å². The van der Waals surface area contributed by atoms with Gasteiger partial charge in [0.05, 0.1) is 35.1 Å². The van der Waals surface area contributed by atoms with Gasteiger partial charge in [0.25, 0.3) is 5.91 Å². The summed E-state index contributed by atoms with van der Waals surface area (Å²) in [6.07, 6.45) is -0.689. The molecule has 48 heavy (non-hydrogen) atoms. The standard InChI is InChI=1S/C35H34F3N7O3/c1-43-30-25(12-21(14-28(30)48-2)34(47)45-16-20-7-10-26(45)29(20)39)42-33(43)27-13-19-6-9-24(41-32(19)44(27)15-17-3-4-17)18-5-8-22(31(40)46)23(11-18)35(36,37)38/h5-6,8-9,11-14,17,20,26,29H,3-4,7,10,15-16,39H2,1-2H3,(H2,40,46). The zero-order valence-electron chi connectivity index (χ0n) is 26.4. The lowest BCUT2D eigenvalue weighted by Crippen LogP contribution is -2.41. The number of primary amides is 1. The van der Waals surface area contributed by atoms with Gasteiger partial charge >= 0.3 is 6.18 Å². The lowest BCUT2D eigenvalue weighted by Gasteiger charge is -2.27. The predicted molar refractivity (Wildman–Crippen MR) is 173 cm³/mol. The topological polar surface area (TPSA) is 134 Å². The number of carbonyl (C=O) groups is 2. The normalized spacial score (nSPS) is 20.7. The number of halogens is 3. The first-order valence-electron chi connectivity index (χ1n) is 16.1. The van der Waals surface area contributed by atoms with Gasteiger partial charge in [0.1, 0.15) is 16.9 Å². The largest absolute Gasteiger partial charge is 0.494 e. The van der Waals surface area contributed by atoms with Crippen LogP contribution in [0.15, 0.2) is 48.5 Å². The maximum Gasteiger partial charge on any atom is 0.417 e. The number of hydrogen-bond acceptors (Lipinski definition) is 6. The summed E-state index contributed by atoms with van der Waals surface area (Å²) < 4.78 is 51.4. The van der Waals surface area contributed by atoms with Crippen LogP contribution in [0.3, 0.4) is 0 Å². The van der Waals surface area contributed by atoms with E-state index < -0.39 is 23.2 Å². The molecule has 248 valence electrons. The number of carbonyl (C=O) groups excluding carboxylic acids is 2. The zero-order valence-corrected chi connectivity index (χ0v) is 26.4. The van der Waals surface area contributed by atoms with E-state index in [9.17, 15) is 22.8 Å². The lowest BCUT2D eigenvalue weighted by molar-refractivity contribution is -0.137. The number of amides is 2. The second kappa shape index (κ2) is 10.8. The minimum absolute atomic E-state index is 0.00439. The molecule has 3 unspecified atom stereocenters. The highest BCUT2D eigenvalue weighted by Gasteiger charge is 2.47. The van der Waals surface area contributed by atoms with Crippen molar-refractivity contribution in [1.82, 2.24) is 24.0 Å². The van der Waals surface area contributed by atoms with Crippen LogP contribution in [0.2, 0.25) is 0 Å². The summed E-state index contributed by atoms with van der Waals surface area (Å²) in [7, 11) is 3.46. The summed E-state index contributed by atoms with van der Waals surface area (Å²) in [5, 5.41) is 0.800. The number of pyridine rings is 1. The Labute approximate surface area is 273 Å². The Bertz CT molecular complexity index is 2150. The smallest absolute Gasteiger partial charge is 0.417 e. The number of nitrogens with two attached hydrogens (primary N) is 2. The predicted octanol–water partition coefficient (Wildman–Crippen LogP) is 5.36. The molecule has 0 radical (unpaired) electrons. The molecule has 10 nitrogen and oxygen atoms in total. The maximum absolute atomic E-state index is 13.9. The molecule has 2 bridgehead atoms. The number of likely N-dealkylation sites (tertiary alicyclic amines) is 1. The molecule has 1 aliphatic heterocycles. The van der Waals surface area contributed by atoms with Crippen molar-refractivity contribution in [3.05, 3.63) is 65.2 Å². The number of hydrogen-bond donors (Lipinski definition) is 2. The van der Waals surface area contributed by atoms with E-state index in [0.717, 1.165) is 54.4 Å². The molecule has 8 rings (SSSR count). The van der Waals surface area contributed by atoms with Gasteiger partial charge in [-0.25, -0.2) is 9.97 Å². The summed E-state index contributed by atoms with van der Waals surface area (Å²) in [6.45, 7) is 1.31. The van der Waals surface area contributed by atoms with Crippen molar-refractivity contribution in [2.24, 2.45) is 30.4 Å². The van der Waals surface area contributed by atoms with Crippen molar-refractivity contribution in [2.75, 3.05) is 13.7 Å². The molecule has 3 aliphatic rings. The summed E-state index contributed by atoms with van der Waals surface area (Å²) in [5.74, 6) is 0.698. The number of benzene rings is 2. The molecule has 2 aliphatic carbocycles. The van der Waals surface area contributed by atoms with Crippen LogP contribution in [0, 0.1) is 11.8 Å². The third kappa shape index (κ3) is 4.82. The molecule has 13 heteroatoms. The first-order valence-corrected chi connectivity index (χ1v) is 16.1. The maximum atomic E-state index is 13.9. The highest BCUT2D eigenvalue weighted by atomic mass is 19.4. The number of aryl methyl sites for hydroxylation is 1. The average molecular weight is 658 g/mol. The van der Waals surface area contributed by atoms with Crippen molar-refractivity contribution in [2.45, 2.75) is 50.5 Å². The van der Waals surface area contributed by atoms with E-state index in [4.69, 9.17) is 26.2 Å². The van der Waals surface area contributed by atoms with Gasteiger partial charge in [0, 0.05) is 48.7 Å². The number of aromatic nitrogens is 4. The van der Waals surface area contributed by atoms with Crippen LogP contribution in [-0.4, -0.2) is 61.6 Å². The summed E-state index contributed by atoms with van der Waals surface area (Å²) in [4.78, 5) is 37.2. The Kier molecular flexibility index (Phi) is 6.85. The first-order chi connectivity index (χ1) is 22.9. The Morgan fingerprint density at radius 1 is 1.02 bits per heavy atom. The van der Waals surface area contributed by atoms with Gasteiger partial charge < -0.3 is 30.2 Å². The molecule has 2 saturated carbocycles. The van der Waals surface area contributed by atoms with E-state index in [1.54, 1.807) is 25.3 Å². The molecule has 2 amide bonds. The van der Waals surface area contributed by atoms with Gasteiger partial charge in [0.15, 0.2) is 5.82 Å².